The number of carbonyl (C=O) groups excluding carboxylic acids is 3. The maximum Gasteiger partial charge on any atom is 0.219 e. The molecule has 3 aromatic carbocycles. The highest BCUT2D eigenvalue weighted by Gasteiger charge is 2.30. The number of hydrogen-bond donors (Lipinski definition) is 0. The highest BCUT2D eigenvalue weighted by Crippen LogP contribution is 2.32. The zero-order chi connectivity index (χ0) is 29.4. The van der Waals surface area contributed by atoms with Crippen molar-refractivity contribution < 1.29 is 18.9 Å². The van der Waals surface area contributed by atoms with Crippen LogP contribution in [0.1, 0.15) is 103 Å². The first-order valence-corrected chi connectivity index (χ1v) is 16.0. The highest BCUT2D eigenvalue weighted by molar-refractivity contribution is 7.64. The molecule has 0 aliphatic carbocycles. The molecular formula is C35H43O4P. The Balaban J connectivity index is 1.58. The Morgan fingerprint density at radius 2 is 1.10 bits per heavy atom. The third-order valence-electron chi connectivity index (χ3n) is 7.79. The number of carbonyl (C=O) groups is 3. The van der Waals surface area contributed by atoms with Gasteiger partial charge in [0.1, 0.15) is 7.80 Å². The van der Waals surface area contributed by atoms with E-state index in [1.165, 1.54) is 0 Å². The molecular weight excluding hydrogens is 515 g/mol. The summed E-state index contributed by atoms with van der Waals surface area (Å²) in [6.07, 6.45) is 5.08. The van der Waals surface area contributed by atoms with Crippen LogP contribution in [-0.4, -0.2) is 23.3 Å². The fourth-order valence-electron chi connectivity index (χ4n) is 5.53. The van der Waals surface area contributed by atoms with Crippen molar-refractivity contribution in [2.75, 3.05) is 6.16 Å². The van der Waals surface area contributed by atoms with Gasteiger partial charge in [-0.1, -0.05) is 91.4 Å². The quantitative estimate of drug-likeness (QED) is 0.0857. The van der Waals surface area contributed by atoms with Crippen LogP contribution in [0.4, 0.5) is 0 Å². The number of Topliss-reactive ketones (excluding diaryl/α,β-unsaturated/α-hetero) is 2. The summed E-state index contributed by atoms with van der Waals surface area (Å²) in [4.78, 5) is 40.1. The highest BCUT2D eigenvalue weighted by atomic mass is 31.1. The lowest BCUT2D eigenvalue weighted by Gasteiger charge is -2.18. The van der Waals surface area contributed by atoms with Crippen molar-refractivity contribution in [1.82, 2.24) is 0 Å². The molecule has 0 heterocycles. The number of aryl methyl sites for hydroxylation is 6. The largest absolute Gasteiger partial charge is 0.318 e. The van der Waals surface area contributed by atoms with Gasteiger partial charge in [0, 0.05) is 22.9 Å². The van der Waals surface area contributed by atoms with Gasteiger partial charge in [-0.25, -0.2) is 0 Å². The molecule has 1 atom stereocenters. The van der Waals surface area contributed by atoms with Gasteiger partial charge in [0.05, 0.1) is 5.92 Å². The maximum atomic E-state index is 13.7. The lowest BCUT2D eigenvalue weighted by molar-refractivity contribution is 0.0796. The molecule has 0 spiro atoms. The normalized spacial score (nSPS) is 12.0. The number of unbranched alkanes of at least 4 members (excludes halogenated alkanes) is 4. The molecule has 4 nitrogen and oxygen atoms in total. The van der Waals surface area contributed by atoms with E-state index < -0.39 is 13.7 Å². The molecule has 3 rings (SSSR count). The van der Waals surface area contributed by atoms with E-state index in [2.05, 4.69) is 0 Å². The average molecular weight is 559 g/mol. The fourth-order valence-corrected chi connectivity index (χ4v) is 7.00. The molecule has 0 fully saturated rings. The second-order valence-corrected chi connectivity index (χ2v) is 13.0. The van der Waals surface area contributed by atoms with Crippen molar-refractivity contribution in [1.29, 1.82) is 0 Å². The number of rotatable bonds is 14. The van der Waals surface area contributed by atoms with Crippen molar-refractivity contribution in [2.24, 2.45) is 5.92 Å². The smallest absolute Gasteiger partial charge is 0.219 e. The molecule has 40 heavy (non-hydrogen) atoms. The summed E-state index contributed by atoms with van der Waals surface area (Å²) in [5.41, 5.74) is 7.36. The summed E-state index contributed by atoms with van der Waals surface area (Å²) in [7, 11) is -2.34. The minimum absolute atomic E-state index is 0.105. The summed E-state index contributed by atoms with van der Waals surface area (Å²) < 4.78 is 12.7. The predicted octanol–water partition coefficient (Wildman–Crippen LogP) is 8.96. The molecule has 0 aliphatic rings. The van der Waals surface area contributed by atoms with Gasteiger partial charge < -0.3 is 4.57 Å². The van der Waals surface area contributed by atoms with E-state index in [4.69, 9.17) is 0 Å². The Labute approximate surface area is 240 Å². The molecule has 0 aromatic heterocycles. The minimum atomic E-state index is -2.34. The molecule has 3 aromatic rings. The van der Waals surface area contributed by atoms with E-state index in [-0.39, 0.29) is 17.1 Å². The number of hydrogen-bond acceptors (Lipinski definition) is 4. The van der Waals surface area contributed by atoms with Gasteiger partial charge in [0.15, 0.2) is 11.6 Å². The Bertz CT molecular complexity index is 1340. The van der Waals surface area contributed by atoms with E-state index in [9.17, 15) is 18.9 Å². The molecule has 0 bridgehead atoms. The monoisotopic (exact) mass is 558 g/mol. The molecule has 0 N–H and O–H groups in total. The molecule has 1 unspecified atom stereocenters. The molecule has 0 amide bonds. The van der Waals surface area contributed by atoms with Crippen LogP contribution < -0.4 is 0 Å². The summed E-state index contributed by atoms with van der Waals surface area (Å²) in [6.45, 7) is 11.6. The number of benzene rings is 3. The van der Waals surface area contributed by atoms with Crippen molar-refractivity contribution in [3.05, 3.63) is 105 Å². The van der Waals surface area contributed by atoms with Crippen LogP contribution in [0.2, 0.25) is 0 Å². The molecule has 0 aliphatic heterocycles. The predicted molar refractivity (Wildman–Crippen MR) is 166 cm³/mol. The molecule has 212 valence electrons. The zero-order valence-corrected chi connectivity index (χ0v) is 25.9. The molecule has 0 saturated carbocycles. The maximum absolute atomic E-state index is 13.7. The van der Waals surface area contributed by atoms with E-state index in [1.54, 1.807) is 0 Å². The van der Waals surface area contributed by atoms with Crippen molar-refractivity contribution in [3.8, 4) is 0 Å². The Hall–Kier alpha value is -3.10. The Morgan fingerprint density at radius 3 is 1.60 bits per heavy atom. The summed E-state index contributed by atoms with van der Waals surface area (Å²) in [6, 6.07) is 17.2. The first-order chi connectivity index (χ1) is 19.0. The Morgan fingerprint density at radius 1 is 0.625 bits per heavy atom. The van der Waals surface area contributed by atoms with Crippen LogP contribution in [-0.2, 0) is 4.57 Å². The molecule has 0 radical (unpaired) electrons. The third kappa shape index (κ3) is 7.98. The summed E-state index contributed by atoms with van der Waals surface area (Å²) in [5, 5.41) is 0. The van der Waals surface area contributed by atoms with Gasteiger partial charge in [0.2, 0.25) is 5.52 Å². The third-order valence-corrected chi connectivity index (χ3v) is 9.35. The SMILES string of the molecule is Cc1ccc(C(=O)C(CCCCCCC[PH](=O)C(=O)c2c(C)cccc2C)C(=O)c2ccc(C)cc2C)c(C)c1. The van der Waals surface area contributed by atoms with Crippen LogP contribution >= 0.6 is 7.80 Å². The minimum Gasteiger partial charge on any atom is -0.318 e. The average Bonchev–Trinajstić information content (AvgIpc) is 2.89. The second-order valence-electron chi connectivity index (χ2n) is 11.2. The van der Waals surface area contributed by atoms with Gasteiger partial charge in [-0.05, 0) is 76.6 Å². The van der Waals surface area contributed by atoms with E-state index in [0.29, 0.717) is 29.3 Å². The van der Waals surface area contributed by atoms with Gasteiger partial charge in [-0.15, -0.1) is 0 Å². The van der Waals surface area contributed by atoms with Crippen LogP contribution in [0.25, 0.3) is 0 Å². The van der Waals surface area contributed by atoms with Gasteiger partial charge >= 0.3 is 0 Å². The fraction of sp³-hybridized carbons (Fsp3) is 0.400. The number of ketones is 2. The van der Waals surface area contributed by atoms with Crippen LogP contribution in [0.5, 0.6) is 0 Å². The van der Waals surface area contributed by atoms with E-state index in [1.807, 2.05) is 96.1 Å². The topological polar surface area (TPSA) is 68.3 Å². The van der Waals surface area contributed by atoms with E-state index in [0.717, 1.165) is 65.5 Å². The van der Waals surface area contributed by atoms with Crippen molar-refractivity contribution in [3.63, 3.8) is 0 Å². The lowest BCUT2D eigenvalue weighted by Crippen LogP contribution is -2.26. The first-order valence-electron chi connectivity index (χ1n) is 14.4. The van der Waals surface area contributed by atoms with Gasteiger partial charge in [0.25, 0.3) is 0 Å². The van der Waals surface area contributed by atoms with E-state index >= 15 is 0 Å². The Kier molecular flexibility index (Phi) is 11.4. The van der Waals surface area contributed by atoms with Gasteiger partial charge in [-0.2, -0.15) is 0 Å². The van der Waals surface area contributed by atoms with Crippen LogP contribution in [0, 0.1) is 47.5 Å². The van der Waals surface area contributed by atoms with Crippen molar-refractivity contribution >= 4 is 24.9 Å². The molecule has 5 heteroatoms. The van der Waals surface area contributed by atoms with Crippen LogP contribution in [0.15, 0.2) is 54.6 Å². The first kappa shape index (κ1) is 31.4. The summed E-state index contributed by atoms with van der Waals surface area (Å²) in [5.74, 6) is -0.925. The van der Waals surface area contributed by atoms with Gasteiger partial charge in [-0.3, -0.25) is 14.4 Å². The second kappa shape index (κ2) is 14.5. The lowest BCUT2D eigenvalue weighted by atomic mass is 9.83. The van der Waals surface area contributed by atoms with Crippen molar-refractivity contribution in [2.45, 2.75) is 80.1 Å². The standard InChI is InChI=1S/C35H43O4P/c1-23-16-18-29(27(5)21-23)33(36)31(34(37)30-19-17-24(2)22-28(30)6)15-10-8-7-9-11-20-40(39)35(38)32-25(3)13-12-14-26(32)4/h12-14,16-19,21-22,31,40H,7-11,15,20H2,1-6H3. The summed E-state index contributed by atoms with van der Waals surface area (Å²) >= 11 is 0. The zero-order valence-electron chi connectivity index (χ0n) is 24.9. The van der Waals surface area contributed by atoms with Crippen LogP contribution in [0.3, 0.4) is 0 Å². The molecule has 0 saturated heterocycles.